The number of nitrogens with one attached hydrogen (secondary N) is 1. The minimum Gasteiger partial charge on any atom is -0.338 e. The fourth-order valence-corrected chi connectivity index (χ4v) is 2.74. The van der Waals surface area contributed by atoms with Crippen LogP contribution in [0.1, 0.15) is 0 Å². The van der Waals surface area contributed by atoms with Gasteiger partial charge in [0.05, 0.1) is 10.2 Å². The van der Waals surface area contributed by atoms with Crippen LogP contribution in [0.2, 0.25) is 5.02 Å². The van der Waals surface area contributed by atoms with Crippen LogP contribution < -0.4 is 0 Å². The number of benzene rings is 2. The molecule has 0 amide bonds. The second kappa shape index (κ2) is 6.10. The molecule has 0 saturated carbocycles. The van der Waals surface area contributed by atoms with Crippen molar-refractivity contribution in [3.63, 3.8) is 0 Å². The van der Waals surface area contributed by atoms with Gasteiger partial charge in [0, 0.05) is 10.6 Å². The summed E-state index contributed by atoms with van der Waals surface area (Å²) in [5, 5.41) is 0.692. The summed E-state index contributed by atoms with van der Waals surface area (Å²) in [6, 6.07) is 17.5. The first-order valence-corrected chi connectivity index (χ1v) is 7.84. The van der Waals surface area contributed by atoms with E-state index in [2.05, 4.69) is 25.9 Å². The van der Waals surface area contributed by atoms with E-state index in [4.69, 9.17) is 23.8 Å². The second-order valence-electron chi connectivity index (χ2n) is 4.45. The van der Waals surface area contributed by atoms with E-state index in [0.717, 1.165) is 27.1 Å². The standard InChI is InChI=1S/C16H10BrClN2S/c17-13-14(10-4-2-1-3-5-10)19-15(20-16(13)21)11-6-8-12(18)9-7-11/h1-9H,(H,19,20,21). The highest BCUT2D eigenvalue weighted by atomic mass is 79.9. The second-order valence-corrected chi connectivity index (χ2v) is 6.07. The predicted molar refractivity (Wildman–Crippen MR) is 93.0 cm³/mol. The Morgan fingerprint density at radius 3 is 2.29 bits per heavy atom. The van der Waals surface area contributed by atoms with Gasteiger partial charge in [-0.15, -0.1) is 0 Å². The van der Waals surface area contributed by atoms with Crippen molar-refractivity contribution in [3.8, 4) is 22.6 Å². The fraction of sp³-hybridized carbons (Fsp3) is 0. The van der Waals surface area contributed by atoms with E-state index in [-0.39, 0.29) is 0 Å². The maximum Gasteiger partial charge on any atom is 0.144 e. The molecular formula is C16H10BrClN2S. The predicted octanol–water partition coefficient (Wildman–Crippen LogP) is 5.89. The lowest BCUT2D eigenvalue weighted by atomic mass is 10.1. The molecule has 0 unspecified atom stereocenters. The third-order valence-electron chi connectivity index (χ3n) is 3.04. The van der Waals surface area contributed by atoms with Crippen LogP contribution in [0.15, 0.2) is 59.1 Å². The summed E-state index contributed by atoms with van der Waals surface area (Å²) in [6.45, 7) is 0. The lowest BCUT2D eigenvalue weighted by molar-refractivity contribution is 1.15. The zero-order valence-electron chi connectivity index (χ0n) is 10.8. The van der Waals surface area contributed by atoms with Crippen LogP contribution in [0.4, 0.5) is 0 Å². The highest BCUT2D eigenvalue weighted by molar-refractivity contribution is 9.10. The van der Waals surface area contributed by atoms with Gasteiger partial charge < -0.3 is 4.98 Å². The molecule has 3 aromatic rings. The van der Waals surface area contributed by atoms with Gasteiger partial charge in [0.25, 0.3) is 0 Å². The molecule has 0 aliphatic carbocycles. The van der Waals surface area contributed by atoms with E-state index in [1.54, 1.807) is 0 Å². The molecular weight excluding hydrogens is 368 g/mol. The van der Waals surface area contributed by atoms with Crippen LogP contribution >= 0.6 is 39.7 Å². The SMILES string of the molecule is S=c1nc(-c2ccc(Cl)cc2)[nH]c(-c2ccccc2)c1Br. The Morgan fingerprint density at radius 2 is 1.62 bits per heavy atom. The summed E-state index contributed by atoms with van der Waals surface area (Å²) < 4.78 is 1.32. The Bertz CT molecular complexity index is 829. The van der Waals surface area contributed by atoms with Crippen molar-refractivity contribution >= 4 is 39.7 Å². The van der Waals surface area contributed by atoms with Gasteiger partial charge in [-0.3, -0.25) is 0 Å². The number of nitrogens with zero attached hydrogens (tertiary/aromatic N) is 1. The van der Waals surface area contributed by atoms with Gasteiger partial charge in [-0.2, -0.15) is 0 Å². The van der Waals surface area contributed by atoms with Crippen molar-refractivity contribution in [1.29, 1.82) is 0 Å². The number of hydrogen-bond donors (Lipinski definition) is 1. The fourth-order valence-electron chi connectivity index (χ4n) is 2.01. The highest BCUT2D eigenvalue weighted by Gasteiger charge is 2.09. The van der Waals surface area contributed by atoms with E-state index in [1.165, 1.54) is 0 Å². The Morgan fingerprint density at radius 1 is 0.952 bits per heavy atom. The number of H-pyrrole nitrogens is 1. The van der Waals surface area contributed by atoms with Crippen LogP contribution in [0, 0.1) is 4.64 Å². The van der Waals surface area contributed by atoms with Gasteiger partial charge >= 0.3 is 0 Å². The molecule has 3 rings (SSSR count). The van der Waals surface area contributed by atoms with Crippen molar-refractivity contribution in [2.75, 3.05) is 0 Å². The molecule has 0 spiro atoms. The van der Waals surface area contributed by atoms with E-state index in [1.807, 2.05) is 54.6 Å². The molecule has 0 radical (unpaired) electrons. The van der Waals surface area contributed by atoms with Gasteiger partial charge in [0.1, 0.15) is 10.5 Å². The third-order valence-corrected chi connectivity index (χ3v) is 4.63. The van der Waals surface area contributed by atoms with Gasteiger partial charge in [-0.05, 0) is 45.8 Å². The molecule has 0 fully saturated rings. The van der Waals surface area contributed by atoms with Gasteiger partial charge in [-0.25, -0.2) is 4.98 Å². The average molecular weight is 378 g/mol. The third kappa shape index (κ3) is 3.07. The zero-order chi connectivity index (χ0) is 14.8. The number of rotatable bonds is 2. The average Bonchev–Trinajstić information content (AvgIpc) is 2.51. The number of aromatic nitrogens is 2. The molecule has 0 aliphatic rings. The molecule has 104 valence electrons. The molecule has 0 bridgehead atoms. The quantitative estimate of drug-likeness (QED) is 0.564. The molecule has 5 heteroatoms. The molecule has 0 aliphatic heterocycles. The van der Waals surface area contributed by atoms with E-state index >= 15 is 0 Å². The molecule has 2 nitrogen and oxygen atoms in total. The summed E-state index contributed by atoms with van der Waals surface area (Å²) in [7, 11) is 0. The summed E-state index contributed by atoms with van der Waals surface area (Å²) >= 11 is 14.8. The van der Waals surface area contributed by atoms with E-state index < -0.39 is 0 Å². The Kier molecular flexibility index (Phi) is 4.19. The summed E-state index contributed by atoms with van der Waals surface area (Å²) in [4.78, 5) is 7.77. The van der Waals surface area contributed by atoms with E-state index in [9.17, 15) is 0 Å². The molecule has 0 atom stereocenters. The molecule has 0 saturated heterocycles. The molecule has 1 N–H and O–H groups in total. The molecule has 2 aromatic carbocycles. The van der Waals surface area contributed by atoms with Crippen LogP contribution in [0.3, 0.4) is 0 Å². The summed E-state index contributed by atoms with van der Waals surface area (Å²) in [5.74, 6) is 0.721. The summed E-state index contributed by atoms with van der Waals surface area (Å²) in [5.41, 5.74) is 2.91. The van der Waals surface area contributed by atoms with Crippen molar-refractivity contribution in [2.24, 2.45) is 0 Å². The van der Waals surface area contributed by atoms with Crippen LogP contribution in [0.25, 0.3) is 22.6 Å². The first-order chi connectivity index (χ1) is 10.1. The van der Waals surface area contributed by atoms with Gasteiger partial charge in [0.15, 0.2) is 0 Å². The lowest BCUT2D eigenvalue weighted by Gasteiger charge is -2.09. The number of aromatic amines is 1. The summed E-state index contributed by atoms with van der Waals surface area (Å²) in [6.07, 6.45) is 0. The Labute approximate surface area is 141 Å². The largest absolute Gasteiger partial charge is 0.338 e. The maximum absolute atomic E-state index is 5.92. The normalized spacial score (nSPS) is 10.6. The van der Waals surface area contributed by atoms with Crippen LogP contribution in [-0.2, 0) is 0 Å². The van der Waals surface area contributed by atoms with Crippen LogP contribution in [0.5, 0.6) is 0 Å². The van der Waals surface area contributed by atoms with Crippen molar-refractivity contribution < 1.29 is 0 Å². The van der Waals surface area contributed by atoms with Gasteiger partial charge in [0.2, 0.25) is 0 Å². The highest BCUT2D eigenvalue weighted by Crippen LogP contribution is 2.29. The molecule has 1 heterocycles. The maximum atomic E-state index is 5.92. The first-order valence-electron chi connectivity index (χ1n) is 6.26. The van der Waals surface area contributed by atoms with Crippen molar-refractivity contribution in [2.45, 2.75) is 0 Å². The zero-order valence-corrected chi connectivity index (χ0v) is 14.0. The Hall–Kier alpha value is -1.49. The first kappa shape index (κ1) is 14.4. The van der Waals surface area contributed by atoms with Gasteiger partial charge in [-0.1, -0.05) is 54.2 Å². The van der Waals surface area contributed by atoms with Crippen molar-refractivity contribution in [3.05, 3.63) is 68.7 Å². The van der Waals surface area contributed by atoms with Crippen molar-refractivity contribution in [1.82, 2.24) is 9.97 Å². The topological polar surface area (TPSA) is 28.7 Å². The number of hydrogen-bond acceptors (Lipinski definition) is 2. The Balaban J connectivity index is 2.19. The lowest BCUT2D eigenvalue weighted by Crippen LogP contribution is -1.95. The minimum atomic E-state index is 0.526. The van der Waals surface area contributed by atoms with Crippen LogP contribution in [-0.4, -0.2) is 9.97 Å². The minimum absolute atomic E-state index is 0.526. The van der Waals surface area contributed by atoms with E-state index in [0.29, 0.717) is 9.66 Å². The monoisotopic (exact) mass is 376 g/mol. The molecule has 1 aromatic heterocycles. The smallest absolute Gasteiger partial charge is 0.144 e. The molecule has 21 heavy (non-hydrogen) atoms. The number of halogens is 2.